The highest BCUT2D eigenvalue weighted by atomic mass is 16.5. The highest BCUT2D eigenvalue weighted by molar-refractivity contribution is 5.94. The normalized spacial score (nSPS) is 15.0. The van der Waals surface area contributed by atoms with Crippen LogP contribution in [-0.2, 0) is 0 Å². The molecule has 7 nitrogen and oxygen atoms in total. The number of ether oxygens (including phenoxy) is 1. The van der Waals surface area contributed by atoms with Crippen molar-refractivity contribution in [1.29, 1.82) is 0 Å². The van der Waals surface area contributed by atoms with Gasteiger partial charge in [0, 0.05) is 38.4 Å². The zero-order valence-electron chi connectivity index (χ0n) is 14.7. The SMILES string of the molecule is CCOc1ccc(C(=O)N2CCCN(c3ccc(C)nn3)CC2)cn1. The van der Waals surface area contributed by atoms with Gasteiger partial charge >= 0.3 is 0 Å². The van der Waals surface area contributed by atoms with Gasteiger partial charge in [-0.25, -0.2) is 4.98 Å². The van der Waals surface area contributed by atoms with E-state index < -0.39 is 0 Å². The van der Waals surface area contributed by atoms with Crippen LogP contribution < -0.4 is 9.64 Å². The minimum Gasteiger partial charge on any atom is -0.478 e. The molecule has 0 atom stereocenters. The second-order valence-corrected chi connectivity index (χ2v) is 5.98. The Hall–Kier alpha value is -2.70. The summed E-state index contributed by atoms with van der Waals surface area (Å²) in [6.07, 6.45) is 2.48. The second-order valence-electron chi connectivity index (χ2n) is 5.98. The topological polar surface area (TPSA) is 71.5 Å². The fourth-order valence-electron chi connectivity index (χ4n) is 2.83. The first-order chi connectivity index (χ1) is 12.2. The van der Waals surface area contributed by atoms with E-state index in [1.54, 1.807) is 18.3 Å². The van der Waals surface area contributed by atoms with E-state index in [4.69, 9.17) is 4.74 Å². The van der Waals surface area contributed by atoms with Crippen LogP contribution in [0.25, 0.3) is 0 Å². The van der Waals surface area contributed by atoms with Crippen LogP contribution in [0, 0.1) is 6.92 Å². The van der Waals surface area contributed by atoms with E-state index in [0.29, 0.717) is 24.6 Å². The summed E-state index contributed by atoms with van der Waals surface area (Å²) in [5, 5.41) is 8.37. The van der Waals surface area contributed by atoms with E-state index in [1.165, 1.54) is 0 Å². The zero-order valence-corrected chi connectivity index (χ0v) is 14.7. The summed E-state index contributed by atoms with van der Waals surface area (Å²) in [5.41, 5.74) is 1.49. The average molecular weight is 341 g/mol. The third kappa shape index (κ3) is 4.23. The number of pyridine rings is 1. The van der Waals surface area contributed by atoms with Crippen molar-refractivity contribution in [3.8, 4) is 5.88 Å². The lowest BCUT2D eigenvalue weighted by molar-refractivity contribution is 0.0766. The van der Waals surface area contributed by atoms with E-state index in [1.807, 2.05) is 30.9 Å². The monoisotopic (exact) mass is 341 g/mol. The van der Waals surface area contributed by atoms with Crippen molar-refractivity contribution in [2.24, 2.45) is 0 Å². The van der Waals surface area contributed by atoms with E-state index in [0.717, 1.165) is 37.6 Å². The molecule has 0 N–H and O–H groups in total. The van der Waals surface area contributed by atoms with Gasteiger partial charge in [0.25, 0.3) is 5.91 Å². The third-order valence-electron chi connectivity index (χ3n) is 4.17. The highest BCUT2D eigenvalue weighted by Crippen LogP contribution is 2.15. The standard InChI is InChI=1S/C18H23N5O2/c1-3-25-17-8-6-15(13-19-17)18(24)23-10-4-9-22(11-12-23)16-7-5-14(2)20-21-16/h5-8,13H,3-4,9-12H2,1-2H3. The Morgan fingerprint density at radius 3 is 2.68 bits per heavy atom. The molecule has 0 saturated carbocycles. The molecule has 0 aliphatic carbocycles. The molecule has 0 unspecified atom stereocenters. The van der Waals surface area contributed by atoms with Crippen LogP contribution in [0.4, 0.5) is 5.82 Å². The molecule has 1 saturated heterocycles. The number of aromatic nitrogens is 3. The first kappa shape index (κ1) is 17.1. The van der Waals surface area contributed by atoms with Crippen molar-refractivity contribution in [3.05, 3.63) is 41.7 Å². The molecule has 7 heteroatoms. The van der Waals surface area contributed by atoms with Crippen LogP contribution in [0.3, 0.4) is 0 Å². The Kier molecular flexibility index (Phi) is 5.42. The summed E-state index contributed by atoms with van der Waals surface area (Å²) < 4.78 is 5.32. The zero-order chi connectivity index (χ0) is 17.6. The maximum atomic E-state index is 12.7. The van der Waals surface area contributed by atoms with E-state index in [9.17, 15) is 4.79 Å². The number of hydrogen-bond acceptors (Lipinski definition) is 6. The van der Waals surface area contributed by atoms with Gasteiger partial charge in [-0.15, -0.1) is 5.10 Å². The van der Waals surface area contributed by atoms with Crippen LogP contribution in [0.2, 0.25) is 0 Å². The van der Waals surface area contributed by atoms with Crippen LogP contribution in [-0.4, -0.2) is 58.8 Å². The molecule has 1 amide bonds. The van der Waals surface area contributed by atoms with Gasteiger partial charge in [0.2, 0.25) is 5.88 Å². The fraction of sp³-hybridized carbons (Fsp3) is 0.444. The number of hydrogen-bond donors (Lipinski definition) is 0. The molecule has 132 valence electrons. The molecule has 25 heavy (non-hydrogen) atoms. The average Bonchev–Trinajstić information content (AvgIpc) is 2.89. The fourth-order valence-corrected chi connectivity index (χ4v) is 2.83. The molecule has 2 aromatic rings. The molecular formula is C18H23N5O2. The van der Waals surface area contributed by atoms with Gasteiger partial charge in [-0.2, -0.15) is 5.10 Å². The highest BCUT2D eigenvalue weighted by Gasteiger charge is 2.21. The lowest BCUT2D eigenvalue weighted by Crippen LogP contribution is -2.35. The quantitative estimate of drug-likeness (QED) is 0.846. The maximum Gasteiger partial charge on any atom is 0.255 e. The lowest BCUT2D eigenvalue weighted by atomic mass is 10.2. The summed E-state index contributed by atoms with van der Waals surface area (Å²) in [7, 11) is 0. The summed E-state index contributed by atoms with van der Waals surface area (Å²) in [4.78, 5) is 20.9. The summed E-state index contributed by atoms with van der Waals surface area (Å²) in [6, 6.07) is 7.45. The van der Waals surface area contributed by atoms with Gasteiger partial charge in [0.1, 0.15) is 0 Å². The molecule has 0 spiro atoms. The smallest absolute Gasteiger partial charge is 0.255 e. The van der Waals surface area contributed by atoms with Gasteiger partial charge in [0.05, 0.1) is 17.9 Å². The molecule has 0 bridgehead atoms. The minimum absolute atomic E-state index is 0.00684. The molecule has 1 aliphatic heterocycles. The molecule has 0 aromatic carbocycles. The Morgan fingerprint density at radius 1 is 1.12 bits per heavy atom. The first-order valence-electron chi connectivity index (χ1n) is 8.61. The first-order valence-corrected chi connectivity index (χ1v) is 8.61. The van der Waals surface area contributed by atoms with Gasteiger partial charge in [-0.3, -0.25) is 4.79 Å². The van der Waals surface area contributed by atoms with Crippen LogP contribution in [0.1, 0.15) is 29.4 Å². The van der Waals surface area contributed by atoms with Crippen molar-refractivity contribution >= 4 is 11.7 Å². The largest absolute Gasteiger partial charge is 0.478 e. The summed E-state index contributed by atoms with van der Waals surface area (Å²) in [6.45, 7) is 7.37. The van der Waals surface area contributed by atoms with Crippen LogP contribution >= 0.6 is 0 Å². The number of carbonyl (C=O) groups excluding carboxylic acids is 1. The number of nitrogens with zero attached hydrogens (tertiary/aromatic N) is 5. The molecule has 2 aromatic heterocycles. The van der Waals surface area contributed by atoms with Crippen molar-refractivity contribution in [3.63, 3.8) is 0 Å². The van der Waals surface area contributed by atoms with Gasteiger partial charge in [0.15, 0.2) is 5.82 Å². The number of anilines is 1. The van der Waals surface area contributed by atoms with E-state index in [-0.39, 0.29) is 5.91 Å². The third-order valence-corrected chi connectivity index (χ3v) is 4.17. The lowest BCUT2D eigenvalue weighted by Gasteiger charge is -2.22. The molecule has 1 fully saturated rings. The van der Waals surface area contributed by atoms with Gasteiger partial charge in [-0.05, 0) is 38.5 Å². The predicted octanol–water partition coefficient (Wildman–Crippen LogP) is 1.93. The van der Waals surface area contributed by atoms with E-state index >= 15 is 0 Å². The van der Waals surface area contributed by atoms with Gasteiger partial charge in [-0.1, -0.05) is 0 Å². The molecule has 0 radical (unpaired) electrons. The minimum atomic E-state index is 0.00684. The predicted molar refractivity (Wildman–Crippen MR) is 94.9 cm³/mol. The molecule has 3 rings (SSSR count). The Balaban J connectivity index is 1.63. The van der Waals surface area contributed by atoms with Crippen LogP contribution in [0.15, 0.2) is 30.5 Å². The Bertz CT molecular complexity index is 702. The number of aryl methyl sites for hydroxylation is 1. The molecule has 3 heterocycles. The van der Waals surface area contributed by atoms with Crippen molar-refractivity contribution in [2.45, 2.75) is 20.3 Å². The summed E-state index contributed by atoms with van der Waals surface area (Å²) in [5.74, 6) is 1.41. The number of amides is 1. The Labute approximate surface area is 147 Å². The number of carbonyl (C=O) groups is 1. The van der Waals surface area contributed by atoms with Crippen molar-refractivity contribution in [1.82, 2.24) is 20.1 Å². The van der Waals surface area contributed by atoms with Gasteiger partial charge < -0.3 is 14.5 Å². The number of rotatable bonds is 4. The van der Waals surface area contributed by atoms with Crippen molar-refractivity contribution in [2.75, 3.05) is 37.7 Å². The van der Waals surface area contributed by atoms with Crippen LogP contribution in [0.5, 0.6) is 5.88 Å². The molecular weight excluding hydrogens is 318 g/mol. The molecule has 1 aliphatic rings. The summed E-state index contributed by atoms with van der Waals surface area (Å²) >= 11 is 0. The second kappa shape index (κ2) is 7.92. The Morgan fingerprint density at radius 2 is 2.00 bits per heavy atom. The van der Waals surface area contributed by atoms with E-state index in [2.05, 4.69) is 20.1 Å². The van der Waals surface area contributed by atoms with Crippen molar-refractivity contribution < 1.29 is 9.53 Å². The maximum absolute atomic E-state index is 12.7.